The van der Waals surface area contributed by atoms with E-state index >= 15 is 0 Å². The maximum Gasteiger partial charge on any atom is 0.0645 e. The SMILES string of the molecule is [2H]c1c([2H])c([2H])c(-c2c([2H])c([2H])c([2H])c(-c3c([2H])c(-c4c([2H])c([2H])c([2H])c([2H])c4[2H])c([2H])c(C4c5c([2H])c([2H])c([2H])c([2H])c5-c5c4c([2H])c([2H])c([2H])c5-n4c5c([2H])c([2H])c([2H])c([2H])c5c5c(-n6c7c([2H])c([2H])c([2H])c([2H])c7c7c([2H])c([2H])c([2H])c([2H])c76)c([2H])c([2H])c([2H])c54)c3[2H])c2[2H])c([2H])c1[2H]. The van der Waals surface area contributed by atoms with E-state index in [0.717, 1.165) is 4.57 Å². The van der Waals surface area contributed by atoms with Crippen molar-refractivity contribution < 1.29 is 53.5 Å². The van der Waals surface area contributed by atoms with Gasteiger partial charge in [-0.2, -0.15) is 0 Å². The van der Waals surface area contributed by atoms with Gasteiger partial charge in [0.2, 0.25) is 0 Å². The van der Waals surface area contributed by atoms with Crippen LogP contribution in [0.1, 0.15) is 76.1 Å². The molecule has 0 N–H and O–H groups in total. The van der Waals surface area contributed by atoms with Crippen molar-refractivity contribution in [3.05, 3.63) is 252 Å². The average molecular weight is 840 g/mol. The van der Waals surface area contributed by atoms with Gasteiger partial charge in [0.05, 0.1) is 86.9 Å². The smallest absolute Gasteiger partial charge is 0.0645 e. The number of hydrogen-bond donors (Lipinski definition) is 0. The predicted molar refractivity (Wildman–Crippen MR) is 264 cm³/mol. The zero-order chi connectivity index (χ0) is 75.4. The van der Waals surface area contributed by atoms with Crippen molar-refractivity contribution in [1.82, 2.24) is 9.13 Å². The van der Waals surface area contributed by atoms with Crippen LogP contribution in [0.4, 0.5) is 0 Å². The summed E-state index contributed by atoms with van der Waals surface area (Å²) in [5, 5.41) is -2.72. The van der Waals surface area contributed by atoms with Gasteiger partial charge >= 0.3 is 0 Å². The molecule has 10 aromatic carbocycles. The van der Waals surface area contributed by atoms with E-state index in [4.69, 9.17) is 24.7 Å². The minimum atomic E-state index is -2.45. The van der Waals surface area contributed by atoms with Crippen molar-refractivity contribution in [2.45, 2.75) is 5.92 Å². The fourth-order valence-corrected chi connectivity index (χ4v) is 8.04. The summed E-state index contributed by atoms with van der Waals surface area (Å²) in [7, 11) is 0. The molecular weight excluding hydrogens is 761 g/mol. The number of hydrogen-bond acceptors (Lipinski definition) is 0. The molecule has 0 spiro atoms. The van der Waals surface area contributed by atoms with E-state index < -0.39 is 358 Å². The normalized spacial score (nSPS) is 21.9. The second-order valence-corrected chi connectivity index (χ2v) is 13.8. The Morgan fingerprint density at radius 2 is 0.762 bits per heavy atom. The highest BCUT2D eigenvalue weighted by atomic mass is 15.0. The van der Waals surface area contributed by atoms with Crippen molar-refractivity contribution in [3.8, 4) is 55.9 Å². The third-order valence-electron chi connectivity index (χ3n) is 10.5. The Hall–Kier alpha value is -8.20. The summed E-state index contributed by atoms with van der Waals surface area (Å²) in [6.07, 6.45) is 0. The fourth-order valence-electron chi connectivity index (χ4n) is 8.04. The van der Waals surface area contributed by atoms with E-state index in [-0.39, 0.29) is 0 Å². The van der Waals surface area contributed by atoms with Gasteiger partial charge in [0.15, 0.2) is 0 Å². The van der Waals surface area contributed by atoms with Crippen LogP contribution in [0.3, 0.4) is 0 Å². The van der Waals surface area contributed by atoms with E-state index in [2.05, 4.69) is 0 Å². The molecule has 1 aliphatic rings. The van der Waals surface area contributed by atoms with E-state index in [1.54, 1.807) is 0 Å². The van der Waals surface area contributed by atoms with Crippen LogP contribution in [0.25, 0.3) is 99.5 Å². The monoisotopic (exact) mass is 840 g/mol. The molecule has 2 aromatic heterocycles. The Morgan fingerprint density at radius 1 is 0.317 bits per heavy atom. The lowest BCUT2D eigenvalue weighted by Gasteiger charge is -2.19. The van der Waals surface area contributed by atoms with Crippen LogP contribution in [0, 0.1) is 0 Å². The van der Waals surface area contributed by atoms with Crippen LogP contribution in [-0.4, -0.2) is 9.13 Å². The van der Waals surface area contributed by atoms with E-state index in [1.807, 2.05) is 0 Å². The van der Waals surface area contributed by atoms with Gasteiger partial charge in [0, 0.05) is 33.0 Å². The van der Waals surface area contributed by atoms with E-state index in [1.165, 1.54) is 0 Å². The summed E-state index contributed by atoms with van der Waals surface area (Å²) in [5.41, 5.74) is -15.6. The van der Waals surface area contributed by atoms with E-state index in [9.17, 15) is 28.8 Å². The summed E-state index contributed by atoms with van der Waals surface area (Å²) >= 11 is 0. The highest BCUT2D eigenvalue weighted by molar-refractivity contribution is 6.17. The minimum absolute atomic E-state index is 0.588. The molecule has 0 aliphatic heterocycles. The van der Waals surface area contributed by atoms with Crippen LogP contribution in [0.5, 0.6) is 0 Å². The molecule has 12 aromatic rings. The highest BCUT2D eigenvalue weighted by Gasteiger charge is 2.33. The van der Waals surface area contributed by atoms with Crippen molar-refractivity contribution in [2.24, 2.45) is 0 Å². The van der Waals surface area contributed by atoms with Crippen LogP contribution in [-0.2, 0) is 0 Å². The standard InChI is InChI=1S/C61H40N2/c1-3-18-40(19-4-1)42-22-15-23-43(36-42)45-37-44(41-20-5-2-6-21-41)38-46(39-45)59-49-26-7-8-27-50(49)60-52(59)29-16-33-56(60)63-55-32-14-11-28-51(55)61-57(34-17-35-58(61)63)62-53-30-12-9-24-47(53)48-25-10-13-31-54(48)62/h1-39,59H/i1D,2D,3D,4D,5D,6D,7D,8D,9D,10D,11D,12D,13D,14D,15D,16D,17D,18D,19D,20D,21D,22D,23D,24D,25D,26D,27D,28D,29D,30D,31D,32D,33D,34D,35D,36D,37D,38D,39D. The molecule has 0 saturated heterocycles. The predicted octanol–water partition coefficient (Wildman–Crippen LogP) is 16.0. The first-order chi connectivity index (χ1) is 47.5. The first kappa shape index (κ1) is 14.2. The molecule has 0 radical (unpaired) electrons. The van der Waals surface area contributed by atoms with Crippen LogP contribution >= 0.6 is 0 Å². The second kappa shape index (κ2) is 14.2. The first-order valence-corrected chi connectivity index (χ1v) is 18.7. The van der Waals surface area contributed by atoms with E-state index in [0.29, 0.717) is 4.57 Å². The van der Waals surface area contributed by atoms with Gasteiger partial charge in [-0.15, -0.1) is 0 Å². The molecular formula is C61H40N2. The maximum absolute atomic E-state index is 10.4. The molecule has 0 fully saturated rings. The molecule has 63 heavy (non-hydrogen) atoms. The zero-order valence-corrected chi connectivity index (χ0v) is 31.5. The number of benzene rings is 10. The van der Waals surface area contributed by atoms with Crippen LogP contribution < -0.4 is 0 Å². The minimum Gasteiger partial charge on any atom is -0.309 e. The van der Waals surface area contributed by atoms with Crippen molar-refractivity contribution in [1.29, 1.82) is 0 Å². The molecule has 13 rings (SSSR count). The quantitative estimate of drug-likeness (QED) is 0.158. The Morgan fingerprint density at radius 3 is 1.48 bits per heavy atom. The maximum atomic E-state index is 10.4. The van der Waals surface area contributed by atoms with Gasteiger partial charge in [-0.1, -0.05) is 187 Å². The number of nitrogens with zero attached hydrogens (tertiary/aromatic N) is 2. The van der Waals surface area contributed by atoms with Crippen molar-refractivity contribution in [3.63, 3.8) is 0 Å². The Bertz CT molecular complexity index is 5930. The molecule has 1 atom stereocenters. The van der Waals surface area contributed by atoms with Gasteiger partial charge in [0.1, 0.15) is 0 Å². The van der Waals surface area contributed by atoms with Crippen LogP contribution in [0.15, 0.2) is 236 Å². The summed E-state index contributed by atoms with van der Waals surface area (Å²) in [6.45, 7) is 0. The average Bonchev–Trinajstić information content (AvgIpc) is 1.54. The second-order valence-electron chi connectivity index (χ2n) is 13.8. The molecule has 1 unspecified atom stereocenters. The third kappa shape index (κ3) is 5.51. The summed E-state index contributed by atoms with van der Waals surface area (Å²) in [6, 6.07) is -42.5. The van der Waals surface area contributed by atoms with Crippen molar-refractivity contribution in [2.75, 3.05) is 0 Å². The zero-order valence-electron chi connectivity index (χ0n) is 70.5. The third-order valence-corrected chi connectivity index (χ3v) is 10.5. The molecule has 1 aliphatic carbocycles. The molecule has 0 bridgehead atoms. The lowest BCUT2D eigenvalue weighted by molar-refractivity contribution is 1.01. The number of aromatic nitrogens is 2. The number of para-hydroxylation sites is 3. The topological polar surface area (TPSA) is 9.86 Å². The number of rotatable bonds is 6. The van der Waals surface area contributed by atoms with Gasteiger partial charge in [-0.25, -0.2) is 0 Å². The van der Waals surface area contributed by atoms with Gasteiger partial charge < -0.3 is 9.13 Å². The van der Waals surface area contributed by atoms with Gasteiger partial charge in [0.25, 0.3) is 0 Å². The molecule has 294 valence electrons. The molecule has 2 nitrogen and oxygen atoms in total. The number of fused-ring (bicyclic) bond motifs is 9. The van der Waals surface area contributed by atoms with Gasteiger partial charge in [-0.05, 0) is 104 Å². The highest BCUT2D eigenvalue weighted by Crippen LogP contribution is 2.52. The summed E-state index contributed by atoms with van der Waals surface area (Å²) < 4.78 is 364. The van der Waals surface area contributed by atoms with Crippen LogP contribution in [0.2, 0.25) is 0 Å². The lowest BCUT2D eigenvalue weighted by Crippen LogP contribution is -2.02. The fraction of sp³-hybridized carbons (Fsp3) is 0.0164. The first-order valence-electron chi connectivity index (χ1n) is 38.2. The summed E-state index contributed by atoms with van der Waals surface area (Å²) in [5.74, 6) is -2.45. The molecule has 2 heteroatoms. The van der Waals surface area contributed by atoms with Gasteiger partial charge in [-0.3, -0.25) is 0 Å². The largest absolute Gasteiger partial charge is 0.309 e. The Balaban J connectivity index is 1.29. The Kier molecular flexibility index (Phi) is 3.19. The lowest BCUT2D eigenvalue weighted by atomic mass is 9.85. The molecule has 2 heterocycles. The summed E-state index contributed by atoms with van der Waals surface area (Å²) in [4.78, 5) is 0. The molecule has 0 saturated carbocycles. The Labute approximate surface area is 421 Å². The van der Waals surface area contributed by atoms with Crippen molar-refractivity contribution >= 4 is 43.6 Å². The molecule has 0 amide bonds.